The summed E-state index contributed by atoms with van der Waals surface area (Å²) in [5, 5.41) is 1.13. The third kappa shape index (κ3) is 6.51. The molecule has 0 bridgehead atoms. The van der Waals surface area contributed by atoms with E-state index in [1.165, 1.54) is 0 Å². The van der Waals surface area contributed by atoms with Gasteiger partial charge in [-0.05, 0) is 31.0 Å². The minimum absolute atomic E-state index is 0.231. The van der Waals surface area contributed by atoms with E-state index >= 15 is 0 Å². The van der Waals surface area contributed by atoms with Crippen LogP contribution in [0.25, 0.3) is 0 Å². The fraction of sp³-hybridized carbons (Fsp3) is 0.600. The van der Waals surface area contributed by atoms with Gasteiger partial charge in [-0.1, -0.05) is 49.9 Å². The van der Waals surface area contributed by atoms with Crippen molar-refractivity contribution < 1.29 is 9.47 Å². The van der Waals surface area contributed by atoms with Crippen LogP contribution in [-0.2, 0) is 4.74 Å². The zero-order chi connectivity index (χ0) is 14.1. The van der Waals surface area contributed by atoms with E-state index in [0.717, 1.165) is 38.7 Å². The van der Waals surface area contributed by atoms with Crippen LogP contribution >= 0.6 is 23.2 Å². The predicted molar refractivity (Wildman–Crippen MR) is 81.3 cm³/mol. The van der Waals surface area contributed by atoms with Crippen LogP contribution in [0.1, 0.15) is 46.0 Å². The Morgan fingerprint density at radius 1 is 1.11 bits per heavy atom. The van der Waals surface area contributed by atoms with E-state index in [-0.39, 0.29) is 6.29 Å². The van der Waals surface area contributed by atoms with Gasteiger partial charge in [-0.2, -0.15) is 0 Å². The number of benzene rings is 1. The molecule has 19 heavy (non-hydrogen) atoms. The van der Waals surface area contributed by atoms with Gasteiger partial charge in [0.15, 0.2) is 6.29 Å². The number of halogens is 2. The number of unbranched alkanes of at least 4 members (excludes halogenated alkanes) is 2. The fourth-order valence-electron chi connectivity index (χ4n) is 1.62. The highest BCUT2D eigenvalue weighted by Crippen LogP contribution is 2.29. The third-order valence-electron chi connectivity index (χ3n) is 2.75. The largest absolute Gasteiger partial charge is 0.463 e. The summed E-state index contributed by atoms with van der Waals surface area (Å²) in [7, 11) is 0. The topological polar surface area (TPSA) is 18.5 Å². The molecule has 0 aliphatic heterocycles. The highest BCUT2D eigenvalue weighted by molar-refractivity contribution is 6.35. The molecule has 0 aromatic heterocycles. The van der Waals surface area contributed by atoms with E-state index in [4.69, 9.17) is 32.7 Å². The van der Waals surface area contributed by atoms with Crippen molar-refractivity contribution in [2.75, 3.05) is 6.61 Å². The molecule has 0 saturated carbocycles. The molecular weight excluding hydrogens is 283 g/mol. The third-order valence-corrected chi connectivity index (χ3v) is 3.28. The summed E-state index contributed by atoms with van der Waals surface area (Å²) in [4.78, 5) is 0. The van der Waals surface area contributed by atoms with Crippen molar-refractivity contribution in [1.29, 1.82) is 0 Å². The van der Waals surface area contributed by atoms with Crippen molar-refractivity contribution in [2.45, 2.75) is 52.2 Å². The lowest BCUT2D eigenvalue weighted by molar-refractivity contribution is -0.0860. The van der Waals surface area contributed by atoms with Gasteiger partial charge in [0.05, 0.1) is 11.6 Å². The van der Waals surface area contributed by atoms with Gasteiger partial charge in [-0.25, -0.2) is 0 Å². The van der Waals surface area contributed by atoms with Crippen LogP contribution < -0.4 is 4.74 Å². The van der Waals surface area contributed by atoms with E-state index in [9.17, 15) is 0 Å². The van der Waals surface area contributed by atoms with Gasteiger partial charge in [-0.15, -0.1) is 0 Å². The van der Waals surface area contributed by atoms with Gasteiger partial charge in [0.2, 0.25) is 0 Å². The maximum Gasteiger partial charge on any atom is 0.199 e. The van der Waals surface area contributed by atoms with E-state index < -0.39 is 0 Å². The van der Waals surface area contributed by atoms with Gasteiger partial charge in [-0.3, -0.25) is 0 Å². The average molecular weight is 305 g/mol. The van der Waals surface area contributed by atoms with Crippen molar-refractivity contribution >= 4 is 23.2 Å². The van der Waals surface area contributed by atoms with Gasteiger partial charge in [0.25, 0.3) is 0 Å². The quantitative estimate of drug-likeness (QED) is 0.430. The molecule has 108 valence electrons. The molecule has 0 amide bonds. The van der Waals surface area contributed by atoms with E-state index in [0.29, 0.717) is 15.8 Å². The molecule has 1 rings (SSSR count). The Morgan fingerprint density at radius 3 is 2.47 bits per heavy atom. The Morgan fingerprint density at radius 2 is 1.84 bits per heavy atom. The minimum Gasteiger partial charge on any atom is -0.463 e. The first kappa shape index (κ1) is 16.6. The Balaban J connectivity index is 2.58. The predicted octanol–water partition coefficient (Wildman–Crippen LogP) is 5.71. The number of ether oxygens (including phenoxy) is 2. The minimum atomic E-state index is -0.231. The lowest BCUT2D eigenvalue weighted by Crippen LogP contribution is -2.21. The molecule has 0 aliphatic rings. The van der Waals surface area contributed by atoms with Crippen molar-refractivity contribution in [2.24, 2.45) is 0 Å². The van der Waals surface area contributed by atoms with Crippen LogP contribution in [-0.4, -0.2) is 12.9 Å². The zero-order valence-corrected chi connectivity index (χ0v) is 13.1. The number of rotatable bonds is 9. The molecule has 0 fully saturated rings. The Hall–Kier alpha value is -0.440. The van der Waals surface area contributed by atoms with Crippen LogP contribution in [0.3, 0.4) is 0 Å². The molecule has 0 radical (unpaired) electrons. The summed E-state index contributed by atoms with van der Waals surface area (Å²) in [6.07, 6.45) is 4.99. The van der Waals surface area contributed by atoms with Gasteiger partial charge in [0.1, 0.15) is 5.75 Å². The van der Waals surface area contributed by atoms with E-state index in [1.807, 2.05) is 0 Å². The second-order valence-corrected chi connectivity index (χ2v) is 5.33. The molecular formula is C15H22Cl2O2. The Kier molecular flexibility index (Phi) is 8.27. The van der Waals surface area contributed by atoms with E-state index in [2.05, 4.69) is 13.8 Å². The normalized spacial score (nSPS) is 12.4. The summed E-state index contributed by atoms with van der Waals surface area (Å²) in [5.41, 5.74) is 0. The van der Waals surface area contributed by atoms with Crippen molar-refractivity contribution in [3.8, 4) is 5.75 Å². The molecule has 0 N–H and O–H groups in total. The molecule has 1 atom stereocenters. The summed E-state index contributed by atoms with van der Waals surface area (Å²) >= 11 is 12.0. The molecule has 0 heterocycles. The monoisotopic (exact) mass is 304 g/mol. The molecule has 1 aromatic rings. The number of hydrogen-bond acceptors (Lipinski definition) is 2. The van der Waals surface area contributed by atoms with Crippen LogP contribution in [0.2, 0.25) is 10.0 Å². The lowest BCUT2D eigenvalue weighted by atomic mass is 10.2. The smallest absolute Gasteiger partial charge is 0.199 e. The fourth-order valence-corrected chi connectivity index (χ4v) is 2.07. The van der Waals surface area contributed by atoms with Crippen LogP contribution in [0.4, 0.5) is 0 Å². The SMILES string of the molecule is CCCCOC(CCCC)Oc1ccc(Cl)cc1Cl. The molecule has 4 heteroatoms. The lowest BCUT2D eigenvalue weighted by Gasteiger charge is -2.20. The maximum absolute atomic E-state index is 6.10. The van der Waals surface area contributed by atoms with Crippen molar-refractivity contribution in [3.63, 3.8) is 0 Å². The number of hydrogen-bond donors (Lipinski definition) is 0. The van der Waals surface area contributed by atoms with Gasteiger partial charge in [0, 0.05) is 11.4 Å². The van der Waals surface area contributed by atoms with Crippen LogP contribution in [0.15, 0.2) is 18.2 Å². The molecule has 2 nitrogen and oxygen atoms in total. The first-order chi connectivity index (χ1) is 9.17. The van der Waals surface area contributed by atoms with E-state index in [1.54, 1.807) is 18.2 Å². The molecule has 0 saturated heterocycles. The first-order valence-corrected chi connectivity index (χ1v) is 7.66. The molecule has 1 unspecified atom stereocenters. The van der Waals surface area contributed by atoms with Crippen LogP contribution in [0.5, 0.6) is 5.75 Å². The van der Waals surface area contributed by atoms with Crippen molar-refractivity contribution in [3.05, 3.63) is 28.2 Å². The summed E-state index contributed by atoms with van der Waals surface area (Å²) < 4.78 is 11.6. The second-order valence-electron chi connectivity index (χ2n) is 4.49. The average Bonchev–Trinajstić information content (AvgIpc) is 2.39. The maximum atomic E-state index is 6.10. The molecule has 0 aliphatic carbocycles. The molecule has 1 aromatic carbocycles. The second kappa shape index (κ2) is 9.46. The highest BCUT2D eigenvalue weighted by atomic mass is 35.5. The highest BCUT2D eigenvalue weighted by Gasteiger charge is 2.12. The summed E-state index contributed by atoms with van der Waals surface area (Å²) in [5.74, 6) is 0.628. The Bertz CT molecular complexity index is 369. The summed E-state index contributed by atoms with van der Waals surface area (Å²) in [6.45, 7) is 5.01. The van der Waals surface area contributed by atoms with Gasteiger partial charge < -0.3 is 9.47 Å². The zero-order valence-electron chi connectivity index (χ0n) is 11.6. The van der Waals surface area contributed by atoms with Crippen molar-refractivity contribution in [1.82, 2.24) is 0 Å². The standard InChI is InChI=1S/C15H22Cl2O2/c1-3-5-7-15(18-10-6-4-2)19-14-9-8-12(16)11-13(14)17/h8-9,11,15H,3-7,10H2,1-2H3. The summed E-state index contributed by atoms with van der Waals surface area (Å²) in [6, 6.07) is 5.24. The Labute approximate surface area is 126 Å². The first-order valence-electron chi connectivity index (χ1n) is 6.90. The van der Waals surface area contributed by atoms with Gasteiger partial charge >= 0.3 is 0 Å². The van der Waals surface area contributed by atoms with Crippen LogP contribution in [0, 0.1) is 0 Å². The molecule has 0 spiro atoms.